The van der Waals surface area contributed by atoms with E-state index < -0.39 is 0 Å². The van der Waals surface area contributed by atoms with Crippen molar-refractivity contribution in [3.8, 4) is 0 Å². The molecule has 1 fully saturated rings. The minimum Gasteiger partial charge on any atom is -0.355 e. The Morgan fingerprint density at radius 2 is 2.29 bits per heavy atom. The van der Waals surface area contributed by atoms with Gasteiger partial charge in [-0.2, -0.15) is 5.10 Å². The highest BCUT2D eigenvalue weighted by molar-refractivity contribution is 5.38. The van der Waals surface area contributed by atoms with E-state index in [0.717, 1.165) is 56.3 Å². The van der Waals surface area contributed by atoms with Gasteiger partial charge in [0.1, 0.15) is 0 Å². The molecule has 4 heteroatoms. The standard InChI is InChI=1S/C13H22N4/c1-2-3-12-4-5-13(16-15-12)17-9-7-11(10-17)6-8-14/h4-5,11H,2-3,6-10,14H2,1H3. The molecule has 17 heavy (non-hydrogen) atoms. The Labute approximate surface area is 103 Å². The molecule has 1 aliphatic rings. The van der Waals surface area contributed by atoms with Crippen molar-refractivity contribution in [1.29, 1.82) is 0 Å². The number of nitrogens with two attached hydrogens (primary N) is 1. The number of nitrogens with zero attached hydrogens (tertiary/aromatic N) is 3. The molecular formula is C13H22N4. The van der Waals surface area contributed by atoms with E-state index in [-0.39, 0.29) is 0 Å². The van der Waals surface area contributed by atoms with Gasteiger partial charge in [-0.25, -0.2) is 0 Å². The zero-order chi connectivity index (χ0) is 12.1. The molecule has 0 spiro atoms. The van der Waals surface area contributed by atoms with Gasteiger partial charge in [0.05, 0.1) is 5.69 Å². The first kappa shape index (κ1) is 12.3. The number of hydrogen-bond acceptors (Lipinski definition) is 4. The molecule has 1 atom stereocenters. The monoisotopic (exact) mass is 234 g/mol. The summed E-state index contributed by atoms with van der Waals surface area (Å²) in [6.07, 6.45) is 4.49. The number of hydrogen-bond donors (Lipinski definition) is 1. The van der Waals surface area contributed by atoms with E-state index in [1.807, 2.05) is 0 Å². The van der Waals surface area contributed by atoms with Gasteiger partial charge in [-0.15, -0.1) is 5.10 Å². The van der Waals surface area contributed by atoms with Crippen LogP contribution in [0.3, 0.4) is 0 Å². The Morgan fingerprint density at radius 3 is 2.94 bits per heavy atom. The molecule has 0 aliphatic carbocycles. The number of anilines is 1. The average molecular weight is 234 g/mol. The topological polar surface area (TPSA) is 55.0 Å². The van der Waals surface area contributed by atoms with Crippen LogP contribution in [0.15, 0.2) is 12.1 Å². The summed E-state index contributed by atoms with van der Waals surface area (Å²) >= 11 is 0. The lowest BCUT2D eigenvalue weighted by molar-refractivity contribution is 0.546. The highest BCUT2D eigenvalue weighted by atomic mass is 15.3. The Hall–Kier alpha value is -1.16. The first-order valence-electron chi connectivity index (χ1n) is 6.61. The molecule has 1 saturated heterocycles. The summed E-state index contributed by atoms with van der Waals surface area (Å²) in [6, 6.07) is 4.20. The normalized spacial score (nSPS) is 19.9. The summed E-state index contributed by atoms with van der Waals surface area (Å²) < 4.78 is 0. The van der Waals surface area contributed by atoms with Crippen molar-refractivity contribution < 1.29 is 0 Å². The predicted molar refractivity (Wildman–Crippen MR) is 70.0 cm³/mol. The molecule has 0 saturated carbocycles. The van der Waals surface area contributed by atoms with E-state index in [4.69, 9.17) is 5.73 Å². The van der Waals surface area contributed by atoms with Gasteiger partial charge in [0, 0.05) is 13.1 Å². The molecule has 0 aromatic carbocycles. The third-order valence-corrected chi connectivity index (χ3v) is 3.40. The van der Waals surface area contributed by atoms with Crippen molar-refractivity contribution >= 4 is 5.82 Å². The summed E-state index contributed by atoms with van der Waals surface area (Å²) in [5.41, 5.74) is 6.69. The lowest BCUT2D eigenvalue weighted by Gasteiger charge is -2.16. The maximum atomic E-state index is 5.60. The molecule has 2 heterocycles. The summed E-state index contributed by atoms with van der Waals surface area (Å²) in [7, 11) is 0. The van der Waals surface area contributed by atoms with E-state index in [1.165, 1.54) is 6.42 Å². The van der Waals surface area contributed by atoms with Crippen molar-refractivity contribution in [1.82, 2.24) is 10.2 Å². The molecule has 1 aromatic rings. The Kier molecular flexibility index (Phi) is 4.31. The van der Waals surface area contributed by atoms with Gasteiger partial charge < -0.3 is 10.6 Å². The van der Waals surface area contributed by atoms with Crippen molar-refractivity contribution in [3.63, 3.8) is 0 Å². The van der Waals surface area contributed by atoms with Crippen molar-refractivity contribution in [2.45, 2.75) is 32.6 Å². The summed E-state index contributed by atoms with van der Waals surface area (Å²) in [4.78, 5) is 2.32. The van der Waals surface area contributed by atoms with Gasteiger partial charge in [-0.3, -0.25) is 0 Å². The first-order chi connectivity index (χ1) is 8.33. The molecule has 1 aliphatic heterocycles. The fourth-order valence-electron chi connectivity index (χ4n) is 2.42. The first-order valence-corrected chi connectivity index (χ1v) is 6.61. The summed E-state index contributed by atoms with van der Waals surface area (Å²) in [5, 5.41) is 8.59. The number of rotatable bonds is 5. The van der Waals surface area contributed by atoms with Crippen molar-refractivity contribution in [2.24, 2.45) is 11.7 Å². The number of aromatic nitrogens is 2. The fraction of sp³-hybridized carbons (Fsp3) is 0.692. The quantitative estimate of drug-likeness (QED) is 0.841. The van der Waals surface area contributed by atoms with Crippen LogP contribution in [-0.4, -0.2) is 29.8 Å². The summed E-state index contributed by atoms with van der Waals surface area (Å²) in [5.74, 6) is 1.75. The van der Waals surface area contributed by atoms with Gasteiger partial charge in [0.15, 0.2) is 5.82 Å². The van der Waals surface area contributed by atoms with Crippen molar-refractivity contribution in [3.05, 3.63) is 17.8 Å². The smallest absolute Gasteiger partial charge is 0.151 e. The highest BCUT2D eigenvalue weighted by Crippen LogP contribution is 2.23. The number of aryl methyl sites for hydroxylation is 1. The van der Waals surface area contributed by atoms with Crippen LogP contribution in [0, 0.1) is 5.92 Å². The van der Waals surface area contributed by atoms with E-state index in [0.29, 0.717) is 0 Å². The molecule has 0 bridgehead atoms. The van der Waals surface area contributed by atoms with Gasteiger partial charge in [-0.05, 0) is 43.9 Å². The maximum Gasteiger partial charge on any atom is 0.151 e. The average Bonchev–Trinajstić information content (AvgIpc) is 2.80. The van der Waals surface area contributed by atoms with Crippen LogP contribution in [0.25, 0.3) is 0 Å². The van der Waals surface area contributed by atoms with Crippen LogP contribution in [-0.2, 0) is 6.42 Å². The van der Waals surface area contributed by atoms with E-state index >= 15 is 0 Å². The second-order valence-corrected chi connectivity index (χ2v) is 4.81. The van der Waals surface area contributed by atoms with Gasteiger partial charge in [0.2, 0.25) is 0 Å². The molecule has 1 unspecified atom stereocenters. The Bertz CT molecular complexity index is 336. The summed E-state index contributed by atoms with van der Waals surface area (Å²) in [6.45, 7) is 5.12. The second-order valence-electron chi connectivity index (χ2n) is 4.81. The molecule has 94 valence electrons. The van der Waals surface area contributed by atoms with E-state index in [1.54, 1.807) is 0 Å². The van der Waals surface area contributed by atoms with Crippen LogP contribution < -0.4 is 10.6 Å². The fourth-order valence-corrected chi connectivity index (χ4v) is 2.42. The van der Waals surface area contributed by atoms with Crippen LogP contribution in [0.5, 0.6) is 0 Å². The predicted octanol–water partition coefficient (Wildman–Crippen LogP) is 1.60. The van der Waals surface area contributed by atoms with Gasteiger partial charge >= 0.3 is 0 Å². The SMILES string of the molecule is CCCc1ccc(N2CCC(CCN)C2)nn1. The highest BCUT2D eigenvalue weighted by Gasteiger charge is 2.22. The molecule has 0 amide bonds. The molecule has 0 radical (unpaired) electrons. The van der Waals surface area contributed by atoms with Crippen LogP contribution in [0.2, 0.25) is 0 Å². The minimum atomic E-state index is 0.733. The van der Waals surface area contributed by atoms with Crippen LogP contribution in [0.1, 0.15) is 31.9 Å². The molecule has 2 rings (SSSR count). The lowest BCUT2D eigenvalue weighted by Crippen LogP contribution is -2.22. The van der Waals surface area contributed by atoms with Gasteiger partial charge in [0.25, 0.3) is 0 Å². The third kappa shape index (κ3) is 3.16. The lowest BCUT2D eigenvalue weighted by atomic mass is 10.1. The Morgan fingerprint density at radius 1 is 1.41 bits per heavy atom. The Balaban J connectivity index is 1.94. The second kappa shape index (κ2) is 5.96. The molecular weight excluding hydrogens is 212 g/mol. The molecule has 2 N–H and O–H groups in total. The zero-order valence-electron chi connectivity index (χ0n) is 10.6. The minimum absolute atomic E-state index is 0.733. The van der Waals surface area contributed by atoms with Crippen LogP contribution in [0.4, 0.5) is 5.82 Å². The molecule has 4 nitrogen and oxygen atoms in total. The maximum absolute atomic E-state index is 5.60. The van der Waals surface area contributed by atoms with E-state index in [9.17, 15) is 0 Å². The third-order valence-electron chi connectivity index (χ3n) is 3.40. The van der Waals surface area contributed by atoms with Gasteiger partial charge in [-0.1, -0.05) is 13.3 Å². The zero-order valence-corrected chi connectivity index (χ0v) is 10.6. The molecule has 1 aromatic heterocycles. The van der Waals surface area contributed by atoms with Crippen molar-refractivity contribution in [2.75, 3.05) is 24.5 Å². The van der Waals surface area contributed by atoms with Crippen LogP contribution >= 0.6 is 0 Å². The largest absolute Gasteiger partial charge is 0.355 e. The van der Waals surface area contributed by atoms with E-state index in [2.05, 4.69) is 34.2 Å².